The number of allylic oxidation sites excluding steroid dienone is 3. The van der Waals surface area contributed by atoms with Crippen molar-refractivity contribution in [3.05, 3.63) is 23.3 Å². The molecule has 25 heavy (non-hydrogen) atoms. The van der Waals surface area contributed by atoms with Crippen LogP contribution in [0.4, 0.5) is 0 Å². The second kappa shape index (κ2) is 6.30. The van der Waals surface area contributed by atoms with E-state index in [0.29, 0.717) is 11.8 Å². The van der Waals surface area contributed by atoms with Gasteiger partial charge in [-0.2, -0.15) is 0 Å². The van der Waals surface area contributed by atoms with Gasteiger partial charge in [0.1, 0.15) is 0 Å². The molecule has 0 aromatic rings. The Morgan fingerprint density at radius 3 is 2.64 bits per heavy atom. The van der Waals surface area contributed by atoms with Gasteiger partial charge in [-0.15, -0.1) is 0 Å². The Morgan fingerprint density at radius 1 is 1.32 bits per heavy atom. The van der Waals surface area contributed by atoms with Crippen molar-refractivity contribution >= 4 is 11.9 Å². The average Bonchev–Trinajstić information content (AvgIpc) is 2.80. The van der Waals surface area contributed by atoms with Crippen molar-refractivity contribution in [1.82, 2.24) is 0 Å². The average molecular weight is 346 g/mol. The Kier molecular flexibility index (Phi) is 4.59. The molecule has 138 valence electrons. The van der Waals surface area contributed by atoms with Gasteiger partial charge in [0.25, 0.3) is 6.29 Å². The summed E-state index contributed by atoms with van der Waals surface area (Å²) in [5.74, 6) is -1.07. The lowest BCUT2D eigenvalue weighted by Crippen LogP contribution is -2.38. The Labute approximate surface area is 150 Å². The van der Waals surface area contributed by atoms with Gasteiger partial charge in [-0.3, -0.25) is 9.59 Å². The van der Waals surface area contributed by atoms with Crippen molar-refractivity contribution in [1.29, 1.82) is 0 Å². The fourth-order valence-corrected chi connectivity index (χ4v) is 5.38. The number of hydrogen-bond acceptors (Lipinski definition) is 4. The van der Waals surface area contributed by atoms with Gasteiger partial charge < -0.3 is 9.47 Å². The van der Waals surface area contributed by atoms with Crippen LogP contribution >= 0.6 is 0 Å². The molecule has 1 saturated heterocycles. The number of rotatable bonds is 2. The molecule has 4 nitrogen and oxygen atoms in total. The standard InChI is InChI=1S/C21H30O4/c1-6-14-16(21(5)11-7-10-20(3,4)12-21)9-8-15-17(14)19(24-13(2)22)25-18(15)23/h6,9,15,17,19H,7-8,10-12H2,1-5H3/b14-6+/t15-,17+,19+,21+/m0/s1. The molecule has 1 aliphatic heterocycles. The zero-order valence-electron chi connectivity index (χ0n) is 16.1. The van der Waals surface area contributed by atoms with Crippen LogP contribution in [0.2, 0.25) is 0 Å². The van der Waals surface area contributed by atoms with Gasteiger partial charge in [0.05, 0.1) is 11.8 Å². The number of cyclic esters (lactones) is 1. The molecule has 0 aromatic heterocycles. The molecule has 0 bridgehead atoms. The van der Waals surface area contributed by atoms with E-state index in [-0.39, 0.29) is 23.2 Å². The van der Waals surface area contributed by atoms with E-state index < -0.39 is 12.3 Å². The first-order valence-corrected chi connectivity index (χ1v) is 9.42. The Hall–Kier alpha value is -1.58. The molecule has 2 fully saturated rings. The van der Waals surface area contributed by atoms with Crippen LogP contribution in [0.15, 0.2) is 23.3 Å². The predicted octanol–water partition coefficient (Wildman–Crippen LogP) is 4.55. The van der Waals surface area contributed by atoms with E-state index in [2.05, 4.69) is 32.9 Å². The highest BCUT2D eigenvalue weighted by Gasteiger charge is 2.52. The number of fused-ring (bicyclic) bond motifs is 1. The minimum absolute atomic E-state index is 0.0982. The summed E-state index contributed by atoms with van der Waals surface area (Å²) < 4.78 is 10.7. The minimum Gasteiger partial charge on any atom is -0.425 e. The lowest BCUT2D eigenvalue weighted by atomic mass is 9.57. The van der Waals surface area contributed by atoms with Gasteiger partial charge in [-0.05, 0) is 54.6 Å². The normalized spacial score (nSPS) is 38.8. The molecule has 4 heteroatoms. The van der Waals surface area contributed by atoms with Crippen LogP contribution in [-0.4, -0.2) is 18.2 Å². The molecule has 3 rings (SSSR count). The van der Waals surface area contributed by atoms with Crippen LogP contribution in [0, 0.1) is 22.7 Å². The van der Waals surface area contributed by atoms with E-state index >= 15 is 0 Å². The maximum atomic E-state index is 12.3. The van der Waals surface area contributed by atoms with Gasteiger partial charge >= 0.3 is 11.9 Å². The number of carbonyl (C=O) groups is 2. The summed E-state index contributed by atoms with van der Waals surface area (Å²) in [7, 11) is 0. The van der Waals surface area contributed by atoms with Crippen LogP contribution in [0.3, 0.4) is 0 Å². The molecule has 1 saturated carbocycles. The highest BCUT2D eigenvalue weighted by Crippen LogP contribution is 2.56. The number of esters is 2. The minimum atomic E-state index is -0.787. The first kappa shape index (κ1) is 18.2. The van der Waals surface area contributed by atoms with Crippen molar-refractivity contribution in [2.45, 2.75) is 73.0 Å². The summed E-state index contributed by atoms with van der Waals surface area (Å²) in [4.78, 5) is 23.7. The molecule has 0 N–H and O–H groups in total. The van der Waals surface area contributed by atoms with Crippen LogP contribution in [0.5, 0.6) is 0 Å². The Bertz CT molecular complexity index is 642. The molecule has 3 aliphatic rings. The van der Waals surface area contributed by atoms with Crippen LogP contribution in [0.25, 0.3) is 0 Å². The van der Waals surface area contributed by atoms with Gasteiger partial charge in [0.2, 0.25) is 0 Å². The molecule has 0 amide bonds. The van der Waals surface area contributed by atoms with Gasteiger partial charge in [-0.1, -0.05) is 39.3 Å². The van der Waals surface area contributed by atoms with Gasteiger partial charge in [-0.25, -0.2) is 0 Å². The molecule has 4 atom stereocenters. The quantitative estimate of drug-likeness (QED) is 0.689. The van der Waals surface area contributed by atoms with Crippen molar-refractivity contribution in [3.63, 3.8) is 0 Å². The maximum absolute atomic E-state index is 12.3. The van der Waals surface area contributed by atoms with Crippen LogP contribution in [-0.2, 0) is 19.1 Å². The number of ether oxygens (including phenoxy) is 2. The maximum Gasteiger partial charge on any atom is 0.313 e. The van der Waals surface area contributed by atoms with Crippen LogP contribution in [0.1, 0.15) is 66.7 Å². The third-order valence-corrected chi connectivity index (χ3v) is 6.20. The first-order valence-electron chi connectivity index (χ1n) is 9.42. The summed E-state index contributed by atoms with van der Waals surface area (Å²) in [5.41, 5.74) is 2.88. The van der Waals surface area contributed by atoms with Crippen molar-refractivity contribution in [2.24, 2.45) is 22.7 Å². The summed E-state index contributed by atoms with van der Waals surface area (Å²) in [5, 5.41) is 0. The largest absolute Gasteiger partial charge is 0.425 e. The second-order valence-electron chi connectivity index (χ2n) is 8.90. The third kappa shape index (κ3) is 3.28. The molecule has 0 spiro atoms. The fourth-order valence-electron chi connectivity index (χ4n) is 5.38. The fraction of sp³-hybridized carbons (Fsp3) is 0.714. The van der Waals surface area contributed by atoms with E-state index in [9.17, 15) is 9.59 Å². The van der Waals surface area contributed by atoms with Crippen molar-refractivity contribution in [2.75, 3.05) is 0 Å². The van der Waals surface area contributed by atoms with E-state index in [0.717, 1.165) is 18.4 Å². The highest BCUT2D eigenvalue weighted by atomic mass is 16.7. The molecule has 0 unspecified atom stereocenters. The predicted molar refractivity (Wildman–Crippen MR) is 95.4 cm³/mol. The highest BCUT2D eigenvalue weighted by molar-refractivity contribution is 5.78. The zero-order valence-corrected chi connectivity index (χ0v) is 16.1. The molecular formula is C21H30O4. The first-order chi connectivity index (χ1) is 11.7. The lowest BCUT2D eigenvalue weighted by molar-refractivity contribution is -0.178. The summed E-state index contributed by atoms with van der Waals surface area (Å²) in [6.07, 6.45) is 8.98. The van der Waals surface area contributed by atoms with Gasteiger partial charge in [0.15, 0.2) is 0 Å². The molecule has 0 radical (unpaired) electrons. The zero-order chi connectivity index (χ0) is 18.4. The Balaban J connectivity index is 1.96. The molecule has 2 aliphatic carbocycles. The lowest BCUT2D eigenvalue weighted by Gasteiger charge is -2.47. The second-order valence-corrected chi connectivity index (χ2v) is 8.90. The van der Waals surface area contributed by atoms with E-state index in [1.807, 2.05) is 6.92 Å². The summed E-state index contributed by atoms with van der Waals surface area (Å²) in [6, 6.07) is 0. The van der Waals surface area contributed by atoms with E-state index in [1.165, 1.54) is 25.3 Å². The SMILES string of the molecule is C/C=C1\C([C@]2(C)CCCC(C)(C)C2)=CC[C@@H]2C(=O)O[C@@H](OC(C)=O)[C@H]12. The van der Waals surface area contributed by atoms with Crippen LogP contribution < -0.4 is 0 Å². The number of carbonyl (C=O) groups excluding carboxylic acids is 2. The molecule has 1 heterocycles. The molecule has 0 aromatic carbocycles. The third-order valence-electron chi connectivity index (χ3n) is 6.20. The number of hydrogen-bond donors (Lipinski definition) is 0. The summed E-state index contributed by atoms with van der Waals surface area (Å²) >= 11 is 0. The smallest absolute Gasteiger partial charge is 0.313 e. The monoisotopic (exact) mass is 346 g/mol. The van der Waals surface area contributed by atoms with E-state index in [1.54, 1.807) is 0 Å². The topological polar surface area (TPSA) is 52.6 Å². The van der Waals surface area contributed by atoms with E-state index in [4.69, 9.17) is 9.47 Å². The Morgan fingerprint density at radius 2 is 2.04 bits per heavy atom. The van der Waals surface area contributed by atoms with Crippen molar-refractivity contribution in [3.8, 4) is 0 Å². The molecular weight excluding hydrogens is 316 g/mol. The van der Waals surface area contributed by atoms with Crippen molar-refractivity contribution < 1.29 is 19.1 Å². The summed E-state index contributed by atoms with van der Waals surface area (Å²) in [6.45, 7) is 10.4. The van der Waals surface area contributed by atoms with Gasteiger partial charge in [0, 0.05) is 6.92 Å².